The zero-order chi connectivity index (χ0) is 19.9. The van der Waals surface area contributed by atoms with Crippen molar-refractivity contribution in [2.45, 2.75) is 33.7 Å². The number of para-hydroxylation sites is 2. The molecule has 3 rings (SSSR count). The van der Waals surface area contributed by atoms with E-state index in [1.165, 1.54) is 11.3 Å². The van der Waals surface area contributed by atoms with E-state index in [0.29, 0.717) is 6.61 Å². The van der Waals surface area contributed by atoms with Crippen LogP contribution in [0.1, 0.15) is 35.6 Å². The molecule has 0 saturated carbocycles. The highest BCUT2D eigenvalue weighted by molar-refractivity contribution is 7.11. The minimum atomic E-state index is 0.0922. The number of carbonyl (C=O) groups excluding carboxylic acids is 1. The number of nitrogens with one attached hydrogen (secondary N) is 1. The van der Waals surface area contributed by atoms with Gasteiger partial charge in [0.15, 0.2) is 10.6 Å². The molecule has 152 valence electrons. The Hall–Kier alpha value is -1.96. The van der Waals surface area contributed by atoms with E-state index in [1.54, 1.807) is 11.8 Å². The molecule has 28 heavy (non-hydrogen) atoms. The van der Waals surface area contributed by atoms with Crippen LogP contribution in [-0.4, -0.2) is 49.8 Å². The number of nitrogens with zero attached hydrogens (tertiary/aromatic N) is 2. The van der Waals surface area contributed by atoms with Crippen molar-refractivity contribution in [2.24, 2.45) is 4.99 Å². The number of carbonyl (C=O) groups is 1. The van der Waals surface area contributed by atoms with Gasteiger partial charge in [-0.1, -0.05) is 23.5 Å². The number of thiazole rings is 1. The molecular formula is C21H30N3O3S+. The van der Waals surface area contributed by atoms with E-state index in [2.05, 4.69) is 4.57 Å². The fraction of sp³-hybridized carbons (Fsp3) is 0.524. The van der Waals surface area contributed by atoms with Crippen LogP contribution in [0.25, 0.3) is 0 Å². The minimum Gasteiger partial charge on any atom is -0.492 e. The predicted molar refractivity (Wildman–Crippen MR) is 111 cm³/mol. The molecular weight excluding hydrogens is 374 g/mol. The van der Waals surface area contributed by atoms with Gasteiger partial charge in [-0.05, 0) is 26.0 Å². The summed E-state index contributed by atoms with van der Waals surface area (Å²) >= 11 is 1.47. The minimum absolute atomic E-state index is 0.0922. The number of benzene rings is 1. The van der Waals surface area contributed by atoms with Gasteiger partial charge in [-0.2, -0.15) is 0 Å². The Morgan fingerprint density at radius 3 is 2.79 bits per heavy atom. The third kappa shape index (κ3) is 5.10. The van der Waals surface area contributed by atoms with E-state index in [4.69, 9.17) is 14.5 Å². The first-order valence-electron chi connectivity index (χ1n) is 9.99. The van der Waals surface area contributed by atoms with Crippen LogP contribution in [0.2, 0.25) is 0 Å². The first kappa shape index (κ1) is 20.8. The number of morpholine rings is 1. The molecule has 2 aromatic rings. The number of ketones is 1. The van der Waals surface area contributed by atoms with Crippen LogP contribution in [0.15, 0.2) is 29.3 Å². The number of quaternary nitrogens is 1. The standard InChI is InChI=1S/C21H29N3O3S/c1-4-27-19-9-6-5-8-18(19)22-21-24(16(2)20(28-21)17(3)25)11-7-10-23-12-14-26-15-13-23/h5-6,8-9H,4,7,10-15H2,1-3H3/p+1. The number of aromatic nitrogens is 1. The third-order valence-corrected chi connectivity index (χ3v) is 6.25. The molecule has 1 aliphatic rings. The van der Waals surface area contributed by atoms with E-state index >= 15 is 0 Å². The Bertz CT molecular complexity index is 866. The molecule has 1 aromatic heterocycles. The topological polar surface area (TPSA) is 57.3 Å². The summed E-state index contributed by atoms with van der Waals surface area (Å²) in [6, 6.07) is 7.79. The van der Waals surface area contributed by atoms with Crippen molar-refractivity contribution in [3.05, 3.63) is 39.6 Å². The number of hydrogen-bond donors (Lipinski definition) is 1. The van der Waals surface area contributed by atoms with Gasteiger partial charge < -0.3 is 18.9 Å². The van der Waals surface area contributed by atoms with Crippen LogP contribution in [0, 0.1) is 6.92 Å². The highest BCUT2D eigenvalue weighted by atomic mass is 32.1. The lowest BCUT2D eigenvalue weighted by molar-refractivity contribution is -0.908. The maximum absolute atomic E-state index is 12.1. The SMILES string of the molecule is CCOc1ccccc1N=c1sc(C(C)=O)c(C)n1CCC[NH+]1CCOCC1. The van der Waals surface area contributed by atoms with Crippen molar-refractivity contribution in [1.82, 2.24) is 4.57 Å². The zero-order valence-electron chi connectivity index (χ0n) is 17.0. The van der Waals surface area contributed by atoms with Crippen molar-refractivity contribution < 1.29 is 19.2 Å². The van der Waals surface area contributed by atoms with Crippen LogP contribution in [0.3, 0.4) is 0 Å². The normalized spacial score (nSPS) is 15.8. The van der Waals surface area contributed by atoms with Gasteiger partial charge in [-0.25, -0.2) is 4.99 Å². The van der Waals surface area contributed by atoms with Crippen LogP contribution >= 0.6 is 11.3 Å². The largest absolute Gasteiger partial charge is 0.492 e. The van der Waals surface area contributed by atoms with Crippen LogP contribution in [0.5, 0.6) is 5.75 Å². The van der Waals surface area contributed by atoms with Crippen molar-refractivity contribution >= 4 is 22.8 Å². The third-order valence-electron chi connectivity index (χ3n) is 4.97. The van der Waals surface area contributed by atoms with Gasteiger partial charge in [0.05, 0.1) is 31.2 Å². The summed E-state index contributed by atoms with van der Waals surface area (Å²) in [5.41, 5.74) is 1.80. The van der Waals surface area contributed by atoms with Gasteiger partial charge in [-0.3, -0.25) is 4.79 Å². The van der Waals surface area contributed by atoms with E-state index in [-0.39, 0.29) is 5.78 Å². The molecule has 6 nitrogen and oxygen atoms in total. The van der Waals surface area contributed by atoms with E-state index in [0.717, 1.165) is 72.6 Å². The predicted octanol–water partition coefficient (Wildman–Crippen LogP) is 2.00. The van der Waals surface area contributed by atoms with Gasteiger partial charge in [0, 0.05) is 25.6 Å². The van der Waals surface area contributed by atoms with Gasteiger partial charge >= 0.3 is 0 Å². The highest BCUT2D eigenvalue weighted by Gasteiger charge is 2.16. The van der Waals surface area contributed by atoms with Crippen molar-refractivity contribution in [2.75, 3.05) is 39.5 Å². The van der Waals surface area contributed by atoms with E-state index < -0.39 is 0 Å². The summed E-state index contributed by atoms with van der Waals surface area (Å²) in [5, 5.41) is 0. The molecule has 1 aromatic carbocycles. The molecule has 0 aliphatic carbocycles. The Balaban J connectivity index is 1.87. The molecule has 0 bridgehead atoms. The maximum atomic E-state index is 12.1. The molecule has 0 unspecified atom stereocenters. The van der Waals surface area contributed by atoms with Crippen molar-refractivity contribution in [3.63, 3.8) is 0 Å². The second-order valence-electron chi connectivity index (χ2n) is 6.99. The fourth-order valence-corrected chi connectivity index (χ4v) is 4.55. The monoisotopic (exact) mass is 404 g/mol. The van der Waals surface area contributed by atoms with Crippen molar-refractivity contribution in [1.29, 1.82) is 0 Å². The molecule has 1 fully saturated rings. The van der Waals surface area contributed by atoms with Crippen LogP contribution in [-0.2, 0) is 11.3 Å². The maximum Gasteiger partial charge on any atom is 0.190 e. The Morgan fingerprint density at radius 1 is 1.32 bits per heavy atom. The lowest BCUT2D eigenvalue weighted by Gasteiger charge is -2.23. The van der Waals surface area contributed by atoms with Crippen molar-refractivity contribution in [3.8, 4) is 5.75 Å². The van der Waals surface area contributed by atoms with Crippen LogP contribution < -0.4 is 14.4 Å². The first-order chi connectivity index (χ1) is 13.6. The average molecular weight is 405 g/mol. The number of ether oxygens (including phenoxy) is 2. The smallest absolute Gasteiger partial charge is 0.190 e. The van der Waals surface area contributed by atoms with Crippen LogP contribution in [0.4, 0.5) is 5.69 Å². The summed E-state index contributed by atoms with van der Waals surface area (Å²) in [5.74, 6) is 0.860. The molecule has 0 radical (unpaired) electrons. The zero-order valence-corrected chi connectivity index (χ0v) is 17.8. The van der Waals surface area contributed by atoms with Gasteiger partial charge in [0.1, 0.15) is 24.5 Å². The average Bonchev–Trinajstić information content (AvgIpc) is 3.00. The fourth-order valence-electron chi connectivity index (χ4n) is 3.49. The molecule has 2 heterocycles. The highest BCUT2D eigenvalue weighted by Crippen LogP contribution is 2.26. The van der Waals surface area contributed by atoms with E-state index in [9.17, 15) is 4.79 Å². The molecule has 0 spiro atoms. The number of hydrogen-bond acceptors (Lipinski definition) is 5. The summed E-state index contributed by atoms with van der Waals surface area (Å²) in [6.07, 6.45) is 1.05. The second kappa shape index (κ2) is 10.0. The Kier molecular flexibility index (Phi) is 7.42. The quantitative estimate of drug-likeness (QED) is 0.685. The number of Topliss-reactive ketones (excluding diaryl/α,β-unsaturated/α-hetero) is 1. The molecule has 7 heteroatoms. The molecule has 1 aliphatic heterocycles. The summed E-state index contributed by atoms with van der Waals surface area (Å²) < 4.78 is 13.3. The Morgan fingerprint density at radius 2 is 2.07 bits per heavy atom. The van der Waals surface area contributed by atoms with E-state index in [1.807, 2.05) is 38.1 Å². The Labute approximate surface area is 170 Å². The first-order valence-corrected chi connectivity index (χ1v) is 10.8. The lowest BCUT2D eigenvalue weighted by atomic mass is 10.3. The van der Waals surface area contributed by atoms with Gasteiger partial charge in [-0.15, -0.1) is 0 Å². The second-order valence-corrected chi connectivity index (χ2v) is 7.96. The molecule has 0 atom stereocenters. The lowest BCUT2D eigenvalue weighted by Crippen LogP contribution is -3.14. The molecule has 0 amide bonds. The molecule has 1 N–H and O–H groups in total. The van der Waals surface area contributed by atoms with Gasteiger partial charge in [0.2, 0.25) is 0 Å². The summed E-state index contributed by atoms with van der Waals surface area (Å²) in [6.45, 7) is 12.0. The molecule has 1 saturated heterocycles. The van der Waals surface area contributed by atoms with Gasteiger partial charge in [0.25, 0.3) is 0 Å². The number of rotatable bonds is 8. The summed E-state index contributed by atoms with van der Waals surface area (Å²) in [4.78, 5) is 20.2. The summed E-state index contributed by atoms with van der Waals surface area (Å²) in [7, 11) is 0.